The Morgan fingerprint density at radius 2 is 2.00 bits per heavy atom. The molecule has 2 aromatic rings. The van der Waals surface area contributed by atoms with Gasteiger partial charge in [0.25, 0.3) is 5.91 Å². The van der Waals surface area contributed by atoms with Gasteiger partial charge in [-0.05, 0) is 61.7 Å². The molecular weight excluding hydrogens is 416 g/mol. The minimum atomic E-state index is -0.325. The molecule has 0 aliphatic carbocycles. The quantitative estimate of drug-likeness (QED) is 0.577. The van der Waals surface area contributed by atoms with Gasteiger partial charge in [-0.3, -0.25) is 4.79 Å². The van der Waals surface area contributed by atoms with Gasteiger partial charge < -0.3 is 9.84 Å². The topological polar surface area (TPSA) is 70.9 Å². The molecule has 1 amide bonds. The van der Waals surface area contributed by atoms with Crippen molar-refractivity contribution in [3.8, 4) is 11.5 Å². The Labute approximate surface area is 144 Å². The molecule has 2 rings (SSSR count). The molecule has 0 heterocycles. The fourth-order valence-electron chi connectivity index (χ4n) is 1.69. The summed E-state index contributed by atoms with van der Waals surface area (Å²) in [7, 11) is 1.46. The maximum atomic E-state index is 12.0. The monoisotopic (exact) mass is 426 g/mol. The van der Waals surface area contributed by atoms with Crippen molar-refractivity contribution in [1.82, 2.24) is 5.43 Å². The fraction of sp³-hybridized carbons (Fsp3) is 0.0667. The van der Waals surface area contributed by atoms with Crippen LogP contribution < -0.4 is 10.2 Å². The average molecular weight is 428 g/mol. The molecule has 0 fully saturated rings. The van der Waals surface area contributed by atoms with Crippen molar-refractivity contribution in [2.75, 3.05) is 7.11 Å². The lowest BCUT2D eigenvalue weighted by atomic mass is 10.2. The second-order valence-corrected chi connectivity index (χ2v) is 5.94. The lowest BCUT2D eigenvalue weighted by Gasteiger charge is -2.06. The number of phenolic OH excluding ortho intramolecular Hbond substituents is 1. The predicted molar refractivity (Wildman–Crippen MR) is 91.6 cm³/mol. The maximum Gasteiger partial charge on any atom is 0.272 e. The van der Waals surface area contributed by atoms with Crippen molar-refractivity contribution in [2.24, 2.45) is 5.10 Å². The first-order valence-electron chi connectivity index (χ1n) is 6.17. The van der Waals surface area contributed by atoms with Crippen LogP contribution in [0.3, 0.4) is 0 Å². The van der Waals surface area contributed by atoms with Gasteiger partial charge in [-0.15, -0.1) is 0 Å². The van der Waals surface area contributed by atoms with Crippen LogP contribution in [0.15, 0.2) is 50.4 Å². The molecule has 114 valence electrons. The van der Waals surface area contributed by atoms with Crippen LogP contribution in [0.4, 0.5) is 0 Å². The van der Waals surface area contributed by atoms with Crippen LogP contribution in [0, 0.1) is 0 Å². The number of aromatic hydroxyl groups is 1. The average Bonchev–Trinajstić information content (AvgIpc) is 2.50. The Bertz CT molecular complexity index is 733. The number of ether oxygens (including phenoxy) is 1. The number of hydrogen-bond acceptors (Lipinski definition) is 4. The Morgan fingerprint density at radius 3 is 2.68 bits per heavy atom. The summed E-state index contributed by atoms with van der Waals surface area (Å²) in [6, 6.07) is 10.3. The molecule has 22 heavy (non-hydrogen) atoms. The summed E-state index contributed by atoms with van der Waals surface area (Å²) < 4.78 is 6.21. The Morgan fingerprint density at radius 1 is 1.27 bits per heavy atom. The van der Waals surface area contributed by atoms with Gasteiger partial charge in [0, 0.05) is 4.47 Å². The standard InChI is InChI=1S/C15H12Br2N2O3/c1-22-13-7-9(6-12(17)14(13)20)8-18-19-15(21)10-4-2-3-5-11(10)16/h2-8,20H,1H3,(H,19,21)/b18-8-. The van der Waals surface area contributed by atoms with Crippen LogP contribution in [0.2, 0.25) is 0 Å². The first-order chi connectivity index (χ1) is 10.5. The van der Waals surface area contributed by atoms with Gasteiger partial charge in [-0.25, -0.2) is 5.43 Å². The van der Waals surface area contributed by atoms with Gasteiger partial charge in [-0.1, -0.05) is 12.1 Å². The molecule has 0 spiro atoms. The summed E-state index contributed by atoms with van der Waals surface area (Å²) in [5.74, 6) is -0.00149. The second-order valence-electron chi connectivity index (χ2n) is 4.23. The van der Waals surface area contributed by atoms with Gasteiger partial charge in [0.1, 0.15) is 0 Å². The summed E-state index contributed by atoms with van der Waals surface area (Å²) >= 11 is 6.53. The number of carbonyl (C=O) groups is 1. The van der Waals surface area contributed by atoms with Gasteiger partial charge in [0.2, 0.25) is 0 Å². The van der Waals surface area contributed by atoms with Crippen molar-refractivity contribution in [2.45, 2.75) is 0 Å². The van der Waals surface area contributed by atoms with E-state index < -0.39 is 0 Å². The Balaban J connectivity index is 2.12. The van der Waals surface area contributed by atoms with Crippen LogP contribution >= 0.6 is 31.9 Å². The number of carbonyl (C=O) groups excluding carboxylic acids is 1. The molecule has 0 saturated carbocycles. The minimum Gasteiger partial charge on any atom is -0.503 e. The van der Waals surface area contributed by atoms with E-state index in [1.165, 1.54) is 13.3 Å². The van der Waals surface area contributed by atoms with Gasteiger partial charge in [-0.2, -0.15) is 5.10 Å². The lowest BCUT2D eigenvalue weighted by molar-refractivity contribution is 0.0954. The van der Waals surface area contributed by atoms with E-state index in [1.807, 2.05) is 6.07 Å². The van der Waals surface area contributed by atoms with E-state index in [-0.39, 0.29) is 11.7 Å². The van der Waals surface area contributed by atoms with Crippen LogP contribution in [0.5, 0.6) is 11.5 Å². The van der Waals surface area contributed by atoms with E-state index in [9.17, 15) is 9.90 Å². The number of hydrazone groups is 1. The zero-order valence-corrected chi connectivity index (χ0v) is 14.7. The minimum absolute atomic E-state index is 0.0110. The number of nitrogens with zero attached hydrogens (tertiary/aromatic N) is 1. The molecule has 0 aromatic heterocycles. The zero-order chi connectivity index (χ0) is 16.1. The van der Waals surface area contributed by atoms with Crippen LogP contribution in [0.25, 0.3) is 0 Å². The molecule has 0 unspecified atom stereocenters. The van der Waals surface area contributed by atoms with Gasteiger partial charge in [0.15, 0.2) is 11.5 Å². The molecular formula is C15H12Br2N2O3. The number of amides is 1. The predicted octanol–water partition coefficient (Wildman–Crippen LogP) is 3.69. The lowest BCUT2D eigenvalue weighted by Crippen LogP contribution is -2.18. The summed E-state index contributed by atoms with van der Waals surface area (Å²) in [6.45, 7) is 0. The summed E-state index contributed by atoms with van der Waals surface area (Å²) in [4.78, 5) is 12.0. The molecule has 0 atom stereocenters. The Hall–Kier alpha value is -1.86. The van der Waals surface area contributed by atoms with E-state index in [1.54, 1.807) is 30.3 Å². The summed E-state index contributed by atoms with van der Waals surface area (Å²) in [5, 5.41) is 13.6. The third-order valence-electron chi connectivity index (χ3n) is 2.77. The molecule has 7 heteroatoms. The zero-order valence-electron chi connectivity index (χ0n) is 11.5. The van der Waals surface area contributed by atoms with E-state index in [4.69, 9.17) is 4.74 Å². The summed E-state index contributed by atoms with van der Waals surface area (Å²) in [5.41, 5.74) is 3.59. The SMILES string of the molecule is COc1cc(/C=N\NC(=O)c2ccccc2Br)cc(Br)c1O. The van der Waals surface area contributed by atoms with Gasteiger partial charge >= 0.3 is 0 Å². The molecule has 5 nitrogen and oxygen atoms in total. The van der Waals surface area contributed by atoms with E-state index in [0.29, 0.717) is 25.8 Å². The largest absolute Gasteiger partial charge is 0.503 e. The number of benzene rings is 2. The molecule has 0 aliphatic rings. The van der Waals surface area contributed by atoms with Crippen molar-refractivity contribution in [3.63, 3.8) is 0 Å². The second kappa shape index (κ2) is 7.42. The number of nitrogens with one attached hydrogen (secondary N) is 1. The highest BCUT2D eigenvalue weighted by Crippen LogP contribution is 2.34. The van der Waals surface area contributed by atoms with E-state index >= 15 is 0 Å². The molecule has 0 aliphatic heterocycles. The molecule has 2 aromatic carbocycles. The Kier molecular flexibility index (Phi) is 5.57. The third kappa shape index (κ3) is 3.86. The molecule has 0 saturated heterocycles. The van der Waals surface area contributed by atoms with Crippen LogP contribution in [-0.2, 0) is 0 Å². The highest BCUT2D eigenvalue weighted by molar-refractivity contribution is 9.10. The first kappa shape index (κ1) is 16.5. The van der Waals surface area contributed by atoms with Gasteiger partial charge in [0.05, 0.1) is 23.4 Å². The van der Waals surface area contributed by atoms with Crippen LogP contribution in [-0.4, -0.2) is 24.3 Å². The smallest absolute Gasteiger partial charge is 0.272 e. The number of methoxy groups -OCH3 is 1. The first-order valence-corrected chi connectivity index (χ1v) is 7.76. The van der Waals surface area contributed by atoms with E-state index in [0.717, 1.165) is 0 Å². The summed E-state index contributed by atoms with van der Waals surface area (Å²) in [6.07, 6.45) is 1.46. The number of phenols is 1. The number of hydrogen-bond donors (Lipinski definition) is 2. The normalized spacial score (nSPS) is 10.7. The third-order valence-corrected chi connectivity index (χ3v) is 4.06. The number of halogens is 2. The fourth-order valence-corrected chi connectivity index (χ4v) is 2.62. The van der Waals surface area contributed by atoms with Crippen LogP contribution in [0.1, 0.15) is 15.9 Å². The van der Waals surface area contributed by atoms with Crippen molar-refractivity contribution >= 4 is 44.0 Å². The molecule has 0 bridgehead atoms. The maximum absolute atomic E-state index is 12.0. The highest BCUT2D eigenvalue weighted by atomic mass is 79.9. The van der Waals surface area contributed by atoms with Crippen molar-refractivity contribution < 1.29 is 14.6 Å². The number of rotatable bonds is 4. The van der Waals surface area contributed by atoms with Crippen molar-refractivity contribution in [1.29, 1.82) is 0 Å². The van der Waals surface area contributed by atoms with E-state index in [2.05, 4.69) is 42.4 Å². The molecule has 2 N–H and O–H groups in total. The van der Waals surface area contributed by atoms with Crippen molar-refractivity contribution in [3.05, 3.63) is 56.5 Å². The molecule has 0 radical (unpaired) electrons. The highest BCUT2D eigenvalue weighted by Gasteiger charge is 2.09.